The molecule has 3 rings (SSSR count). The summed E-state index contributed by atoms with van der Waals surface area (Å²) in [6.07, 6.45) is 1.71. The Balaban J connectivity index is 1.78. The van der Waals surface area contributed by atoms with E-state index in [1.165, 1.54) is 0 Å². The minimum atomic E-state index is -0.342. The largest absolute Gasteiger partial charge is 0.497 e. The number of hydrogen-bond donors (Lipinski definition) is 0. The van der Waals surface area contributed by atoms with Crippen LogP contribution in [0, 0.1) is 0 Å². The number of ether oxygens (including phenoxy) is 2. The van der Waals surface area contributed by atoms with Crippen LogP contribution in [-0.4, -0.2) is 13.1 Å². The standard InChI is InChI=1S/C17H13BrO4/c1-20-12-6-7-13-11(10-21-16(13)9-12)8-17(19)22-15-5-3-2-4-14(15)18/h2-7,9-10H,8H2,1H3. The summed E-state index contributed by atoms with van der Waals surface area (Å²) < 4.78 is 16.7. The van der Waals surface area contributed by atoms with Crippen LogP contribution >= 0.6 is 15.9 Å². The van der Waals surface area contributed by atoms with Gasteiger partial charge in [0.2, 0.25) is 0 Å². The van der Waals surface area contributed by atoms with E-state index in [0.29, 0.717) is 17.1 Å². The van der Waals surface area contributed by atoms with Crippen LogP contribution in [0.3, 0.4) is 0 Å². The summed E-state index contributed by atoms with van der Waals surface area (Å²) in [5.41, 5.74) is 1.47. The molecular formula is C17H13BrO4. The Bertz CT molecular complexity index is 822. The lowest BCUT2D eigenvalue weighted by Crippen LogP contribution is -2.11. The molecule has 4 nitrogen and oxygen atoms in total. The second kappa shape index (κ2) is 6.23. The highest BCUT2D eigenvalue weighted by atomic mass is 79.9. The van der Waals surface area contributed by atoms with Crippen LogP contribution < -0.4 is 9.47 Å². The summed E-state index contributed by atoms with van der Waals surface area (Å²) in [6.45, 7) is 0. The van der Waals surface area contributed by atoms with E-state index in [0.717, 1.165) is 15.4 Å². The first-order valence-electron chi connectivity index (χ1n) is 6.66. The van der Waals surface area contributed by atoms with E-state index in [-0.39, 0.29) is 12.4 Å². The van der Waals surface area contributed by atoms with Crippen molar-refractivity contribution in [3.63, 3.8) is 0 Å². The van der Waals surface area contributed by atoms with E-state index in [4.69, 9.17) is 13.9 Å². The molecule has 0 aliphatic rings. The number of carbonyl (C=O) groups excluding carboxylic acids is 1. The summed E-state index contributed by atoms with van der Waals surface area (Å²) in [4.78, 5) is 12.1. The number of esters is 1. The molecule has 0 fully saturated rings. The number of benzene rings is 2. The van der Waals surface area contributed by atoms with Gasteiger partial charge in [0.05, 0.1) is 24.3 Å². The second-order valence-corrected chi connectivity index (χ2v) is 5.56. The molecule has 0 aliphatic heterocycles. The lowest BCUT2D eigenvalue weighted by molar-refractivity contribution is -0.133. The Morgan fingerprint density at radius 1 is 1.23 bits per heavy atom. The molecule has 0 spiro atoms. The fraction of sp³-hybridized carbons (Fsp3) is 0.118. The Labute approximate surface area is 135 Å². The fourth-order valence-electron chi connectivity index (χ4n) is 2.17. The third-order valence-corrected chi connectivity index (χ3v) is 3.91. The Kier molecular flexibility index (Phi) is 4.15. The van der Waals surface area contributed by atoms with Crippen molar-refractivity contribution in [3.8, 4) is 11.5 Å². The number of fused-ring (bicyclic) bond motifs is 1. The summed E-state index contributed by atoms with van der Waals surface area (Å²) in [6, 6.07) is 12.7. The van der Waals surface area contributed by atoms with Gasteiger partial charge in [0.1, 0.15) is 17.1 Å². The van der Waals surface area contributed by atoms with E-state index < -0.39 is 0 Å². The van der Waals surface area contributed by atoms with Crippen molar-refractivity contribution in [1.29, 1.82) is 0 Å². The van der Waals surface area contributed by atoms with Crippen molar-refractivity contribution in [2.75, 3.05) is 7.11 Å². The minimum absolute atomic E-state index is 0.140. The van der Waals surface area contributed by atoms with Crippen LogP contribution in [0.15, 0.2) is 57.6 Å². The predicted molar refractivity (Wildman–Crippen MR) is 86.2 cm³/mol. The van der Waals surface area contributed by atoms with Crippen LogP contribution in [0.4, 0.5) is 0 Å². The summed E-state index contributed by atoms with van der Waals surface area (Å²) in [5, 5.41) is 0.880. The monoisotopic (exact) mass is 360 g/mol. The van der Waals surface area contributed by atoms with Crippen molar-refractivity contribution in [3.05, 3.63) is 58.8 Å². The summed E-state index contributed by atoms with van der Waals surface area (Å²) in [7, 11) is 1.60. The third-order valence-electron chi connectivity index (χ3n) is 3.26. The van der Waals surface area contributed by atoms with Crippen LogP contribution in [0.25, 0.3) is 11.0 Å². The molecule has 0 atom stereocenters. The topological polar surface area (TPSA) is 48.7 Å². The minimum Gasteiger partial charge on any atom is -0.497 e. The van der Waals surface area contributed by atoms with Gasteiger partial charge in [-0.2, -0.15) is 0 Å². The molecule has 0 amide bonds. The SMILES string of the molecule is COc1ccc2c(CC(=O)Oc3ccccc3Br)coc2c1. The molecule has 112 valence electrons. The first kappa shape index (κ1) is 14.7. The predicted octanol–water partition coefficient (Wildman–Crippen LogP) is 4.35. The van der Waals surface area contributed by atoms with Crippen molar-refractivity contribution in [2.24, 2.45) is 0 Å². The zero-order valence-electron chi connectivity index (χ0n) is 11.8. The number of methoxy groups -OCH3 is 1. The van der Waals surface area contributed by atoms with E-state index >= 15 is 0 Å². The maximum Gasteiger partial charge on any atom is 0.315 e. The van der Waals surface area contributed by atoms with Gasteiger partial charge in [-0.25, -0.2) is 0 Å². The molecule has 0 unspecified atom stereocenters. The second-order valence-electron chi connectivity index (χ2n) is 4.70. The van der Waals surface area contributed by atoms with Crippen LogP contribution in [0.2, 0.25) is 0 Å². The van der Waals surface area contributed by atoms with Crippen molar-refractivity contribution in [2.45, 2.75) is 6.42 Å². The molecule has 0 bridgehead atoms. The summed E-state index contributed by atoms with van der Waals surface area (Å²) in [5.74, 6) is 0.872. The highest BCUT2D eigenvalue weighted by Gasteiger charge is 2.13. The smallest absolute Gasteiger partial charge is 0.315 e. The average Bonchev–Trinajstić information content (AvgIpc) is 2.91. The Morgan fingerprint density at radius 3 is 2.82 bits per heavy atom. The fourth-order valence-corrected chi connectivity index (χ4v) is 2.53. The van der Waals surface area contributed by atoms with Gasteiger partial charge < -0.3 is 13.9 Å². The quantitative estimate of drug-likeness (QED) is 0.512. The zero-order chi connectivity index (χ0) is 15.5. The van der Waals surface area contributed by atoms with E-state index in [2.05, 4.69) is 15.9 Å². The first-order chi connectivity index (χ1) is 10.7. The summed E-state index contributed by atoms with van der Waals surface area (Å²) >= 11 is 3.35. The number of furan rings is 1. The van der Waals surface area contributed by atoms with Crippen LogP contribution in [0.5, 0.6) is 11.5 Å². The van der Waals surface area contributed by atoms with E-state index in [9.17, 15) is 4.79 Å². The maximum absolute atomic E-state index is 12.1. The Hall–Kier alpha value is -2.27. The van der Waals surface area contributed by atoms with Gasteiger partial charge in [0.15, 0.2) is 0 Å². The first-order valence-corrected chi connectivity index (χ1v) is 7.46. The molecule has 0 radical (unpaired) electrons. The molecule has 3 aromatic rings. The highest BCUT2D eigenvalue weighted by Crippen LogP contribution is 2.27. The van der Waals surface area contributed by atoms with E-state index in [1.54, 1.807) is 25.5 Å². The molecule has 0 N–H and O–H groups in total. The van der Waals surface area contributed by atoms with Gasteiger partial charge in [-0.05, 0) is 40.2 Å². The molecule has 0 aliphatic carbocycles. The average molecular weight is 361 g/mol. The van der Waals surface area contributed by atoms with Crippen molar-refractivity contribution >= 4 is 32.9 Å². The number of para-hydroxylation sites is 1. The molecule has 22 heavy (non-hydrogen) atoms. The molecule has 0 saturated carbocycles. The Morgan fingerprint density at radius 2 is 2.05 bits per heavy atom. The highest BCUT2D eigenvalue weighted by molar-refractivity contribution is 9.10. The molecular weight excluding hydrogens is 348 g/mol. The van der Waals surface area contributed by atoms with Gasteiger partial charge in [0, 0.05) is 17.0 Å². The van der Waals surface area contributed by atoms with Gasteiger partial charge >= 0.3 is 5.97 Å². The van der Waals surface area contributed by atoms with Gasteiger partial charge in [0.25, 0.3) is 0 Å². The molecule has 5 heteroatoms. The normalized spacial score (nSPS) is 10.6. The van der Waals surface area contributed by atoms with Crippen molar-refractivity contribution < 1.29 is 18.7 Å². The maximum atomic E-state index is 12.1. The van der Waals surface area contributed by atoms with Gasteiger partial charge in [-0.3, -0.25) is 4.79 Å². The number of rotatable bonds is 4. The molecule has 0 saturated heterocycles. The molecule has 1 heterocycles. The lowest BCUT2D eigenvalue weighted by atomic mass is 10.1. The van der Waals surface area contributed by atoms with Crippen LogP contribution in [-0.2, 0) is 11.2 Å². The number of halogens is 1. The molecule has 2 aromatic carbocycles. The van der Waals surface area contributed by atoms with E-state index in [1.807, 2.05) is 30.3 Å². The lowest BCUT2D eigenvalue weighted by Gasteiger charge is -2.05. The van der Waals surface area contributed by atoms with Gasteiger partial charge in [-0.1, -0.05) is 12.1 Å². The van der Waals surface area contributed by atoms with Crippen molar-refractivity contribution in [1.82, 2.24) is 0 Å². The van der Waals surface area contributed by atoms with Crippen LogP contribution in [0.1, 0.15) is 5.56 Å². The number of carbonyl (C=O) groups is 1. The zero-order valence-corrected chi connectivity index (χ0v) is 13.4. The number of hydrogen-bond acceptors (Lipinski definition) is 4. The molecule has 1 aromatic heterocycles. The van der Waals surface area contributed by atoms with Gasteiger partial charge in [-0.15, -0.1) is 0 Å². The third kappa shape index (κ3) is 2.99.